The lowest BCUT2D eigenvalue weighted by atomic mass is 10.0. The van der Waals surface area contributed by atoms with Gasteiger partial charge in [-0.3, -0.25) is 18.6 Å². The molecule has 0 radical (unpaired) electrons. The fourth-order valence-corrected chi connectivity index (χ4v) is 5.88. The lowest BCUT2D eigenvalue weighted by molar-refractivity contribution is -0.161. The highest BCUT2D eigenvalue weighted by Gasteiger charge is 2.27. The number of hydrogen-bond donors (Lipinski definition) is 3. The molecule has 0 aliphatic carbocycles. The normalized spacial score (nSPS) is 14.6. The van der Waals surface area contributed by atoms with Gasteiger partial charge in [-0.1, -0.05) is 152 Å². The van der Waals surface area contributed by atoms with E-state index < -0.39 is 51.8 Å². The van der Waals surface area contributed by atoms with Crippen molar-refractivity contribution in [1.29, 1.82) is 0 Å². The van der Waals surface area contributed by atoms with E-state index in [1.54, 1.807) is 0 Å². The van der Waals surface area contributed by atoms with E-state index in [2.05, 4.69) is 67.0 Å². The predicted octanol–water partition coefficient (Wildman–Crippen LogP) is 10.3. The molecule has 0 amide bonds. The summed E-state index contributed by atoms with van der Waals surface area (Å²) in [7, 11) is -4.63. The maximum atomic E-state index is 12.6. The monoisotopic (exact) mass is 768 g/mol. The Labute approximate surface area is 321 Å². The van der Waals surface area contributed by atoms with Gasteiger partial charge in [-0.25, -0.2) is 4.57 Å². The average molecular weight is 769 g/mol. The minimum Gasteiger partial charge on any atom is -0.462 e. The van der Waals surface area contributed by atoms with Crippen LogP contribution < -0.4 is 0 Å². The lowest BCUT2D eigenvalue weighted by Crippen LogP contribution is -2.29. The Hall–Kier alpha value is -2.33. The summed E-state index contributed by atoms with van der Waals surface area (Å²) in [6, 6.07) is 0. The molecule has 3 unspecified atom stereocenters. The van der Waals surface area contributed by atoms with Gasteiger partial charge in [0.2, 0.25) is 0 Å². The quantitative estimate of drug-likeness (QED) is 0.0241. The number of ether oxygens (including phenoxy) is 2. The molecule has 10 nitrogen and oxygen atoms in total. The molecule has 0 aromatic heterocycles. The fraction of sp³-hybridized carbons (Fsp3) is 0.714. The second-order valence-electron chi connectivity index (χ2n) is 13.3. The van der Waals surface area contributed by atoms with Gasteiger partial charge in [0.1, 0.15) is 12.7 Å². The van der Waals surface area contributed by atoms with Crippen LogP contribution in [0, 0.1) is 0 Å². The highest BCUT2D eigenvalue weighted by atomic mass is 31.2. The van der Waals surface area contributed by atoms with Crippen LogP contribution in [0.5, 0.6) is 0 Å². The minimum absolute atomic E-state index is 0.105. The van der Waals surface area contributed by atoms with Crippen LogP contribution in [-0.4, -0.2) is 65.7 Å². The van der Waals surface area contributed by atoms with Gasteiger partial charge in [-0.15, -0.1) is 0 Å². The molecule has 3 N–H and O–H groups in total. The van der Waals surface area contributed by atoms with Gasteiger partial charge < -0.3 is 24.6 Å². The summed E-state index contributed by atoms with van der Waals surface area (Å²) in [6.45, 7) is 2.18. The van der Waals surface area contributed by atoms with Gasteiger partial charge in [0.15, 0.2) is 6.10 Å². The van der Waals surface area contributed by atoms with Crippen molar-refractivity contribution in [3.63, 3.8) is 0 Å². The number of phosphoric acid groups is 1. The summed E-state index contributed by atoms with van der Waals surface area (Å²) in [4.78, 5) is 34.9. The smallest absolute Gasteiger partial charge is 0.462 e. The number of rotatable bonds is 37. The maximum Gasteiger partial charge on any atom is 0.472 e. The Morgan fingerprint density at radius 2 is 1.04 bits per heavy atom. The van der Waals surface area contributed by atoms with Crippen LogP contribution in [0.25, 0.3) is 0 Å². The molecule has 11 heteroatoms. The number of allylic oxidation sites excluding steroid dienone is 10. The molecule has 0 aromatic rings. The third-order valence-corrected chi connectivity index (χ3v) is 9.14. The van der Waals surface area contributed by atoms with Crippen molar-refractivity contribution in [3.05, 3.63) is 60.8 Å². The van der Waals surface area contributed by atoms with Crippen molar-refractivity contribution in [2.45, 2.75) is 167 Å². The van der Waals surface area contributed by atoms with E-state index in [0.717, 1.165) is 51.4 Å². The van der Waals surface area contributed by atoms with Gasteiger partial charge in [0.05, 0.1) is 19.8 Å². The van der Waals surface area contributed by atoms with Gasteiger partial charge in [0.25, 0.3) is 0 Å². The number of esters is 2. The highest BCUT2D eigenvalue weighted by Crippen LogP contribution is 2.43. The third-order valence-electron chi connectivity index (χ3n) is 8.19. The van der Waals surface area contributed by atoms with Crippen molar-refractivity contribution in [2.75, 3.05) is 26.4 Å². The molecule has 306 valence electrons. The summed E-state index contributed by atoms with van der Waals surface area (Å²) in [6.07, 6.45) is 40.5. The summed E-state index contributed by atoms with van der Waals surface area (Å²) in [5.41, 5.74) is 0. The Morgan fingerprint density at radius 3 is 1.55 bits per heavy atom. The number of carbonyl (C=O) groups is 2. The average Bonchev–Trinajstić information content (AvgIpc) is 3.14. The molecule has 0 rings (SSSR count). The molecule has 0 aliphatic heterocycles. The Kier molecular flexibility index (Phi) is 36.3. The molecule has 0 aromatic carbocycles. The molecule has 0 fully saturated rings. The van der Waals surface area contributed by atoms with Crippen molar-refractivity contribution in [2.24, 2.45) is 0 Å². The van der Waals surface area contributed by atoms with E-state index in [4.69, 9.17) is 19.1 Å². The van der Waals surface area contributed by atoms with Gasteiger partial charge in [-0.05, 0) is 51.4 Å². The number of aliphatic hydroxyl groups is 2. The van der Waals surface area contributed by atoms with E-state index >= 15 is 0 Å². The number of hydrogen-bond acceptors (Lipinski definition) is 9. The number of aliphatic hydroxyl groups excluding tert-OH is 2. The van der Waals surface area contributed by atoms with Gasteiger partial charge in [-0.2, -0.15) is 0 Å². The summed E-state index contributed by atoms with van der Waals surface area (Å²) < 4.78 is 32.6. The summed E-state index contributed by atoms with van der Waals surface area (Å²) in [5, 5.41) is 18.3. The molecule has 0 saturated heterocycles. The van der Waals surface area contributed by atoms with Crippen LogP contribution in [0.4, 0.5) is 0 Å². The first kappa shape index (κ1) is 50.7. The number of unbranched alkanes of at least 4 members (excludes halogenated alkanes) is 13. The fourth-order valence-electron chi connectivity index (χ4n) is 5.09. The van der Waals surface area contributed by atoms with Crippen molar-refractivity contribution >= 4 is 19.8 Å². The Balaban J connectivity index is 4.45. The minimum atomic E-state index is -4.63. The molecule has 53 heavy (non-hydrogen) atoms. The highest BCUT2D eigenvalue weighted by molar-refractivity contribution is 7.47. The summed E-state index contributed by atoms with van der Waals surface area (Å²) in [5.74, 6) is -0.995. The van der Waals surface area contributed by atoms with E-state index in [-0.39, 0.29) is 19.4 Å². The summed E-state index contributed by atoms with van der Waals surface area (Å²) >= 11 is 0. The van der Waals surface area contributed by atoms with Crippen LogP contribution in [0.2, 0.25) is 0 Å². The zero-order chi connectivity index (χ0) is 39.1. The molecular weight excluding hydrogens is 695 g/mol. The van der Waals surface area contributed by atoms with Crippen molar-refractivity contribution < 1.29 is 47.8 Å². The second-order valence-corrected chi connectivity index (χ2v) is 14.7. The number of phosphoric ester groups is 1. The lowest BCUT2D eigenvalue weighted by Gasteiger charge is -2.20. The Morgan fingerprint density at radius 1 is 0.585 bits per heavy atom. The SMILES string of the molecule is CC/C=C\C/C=C\C/C=C\C/C=C\C/C=C\CCCC(=O)OC(COC(=O)CCCCCCCCCCCCCCC)COP(=O)(O)OCC(O)CO. The van der Waals surface area contributed by atoms with E-state index in [1.165, 1.54) is 57.8 Å². The molecule has 0 bridgehead atoms. The first-order chi connectivity index (χ1) is 25.7. The van der Waals surface area contributed by atoms with Crippen LogP contribution >= 0.6 is 7.82 Å². The first-order valence-electron chi connectivity index (χ1n) is 20.2. The largest absolute Gasteiger partial charge is 0.472 e. The maximum absolute atomic E-state index is 12.6. The van der Waals surface area contributed by atoms with Crippen molar-refractivity contribution in [1.82, 2.24) is 0 Å². The zero-order valence-electron chi connectivity index (χ0n) is 33.0. The van der Waals surface area contributed by atoms with E-state index in [9.17, 15) is 24.2 Å². The topological polar surface area (TPSA) is 149 Å². The van der Waals surface area contributed by atoms with Crippen LogP contribution in [0.15, 0.2) is 60.8 Å². The first-order valence-corrected chi connectivity index (χ1v) is 21.7. The zero-order valence-corrected chi connectivity index (χ0v) is 33.9. The van der Waals surface area contributed by atoms with Gasteiger partial charge >= 0.3 is 19.8 Å². The van der Waals surface area contributed by atoms with E-state index in [1.807, 2.05) is 12.2 Å². The van der Waals surface area contributed by atoms with Crippen molar-refractivity contribution in [3.8, 4) is 0 Å². The van der Waals surface area contributed by atoms with Crippen LogP contribution in [0.1, 0.15) is 155 Å². The van der Waals surface area contributed by atoms with Gasteiger partial charge in [0, 0.05) is 12.8 Å². The molecule has 0 spiro atoms. The number of carbonyl (C=O) groups excluding carboxylic acids is 2. The van der Waals surface area contributed by atoms with E-state index in [0.29, 0.717) is 19.3 Å². The molecule has 0 aliphatic rings. The van der Waals surface area contributed by atoms with Crippen LogP contribution in [-0.2, 0) is 32.7 Å². The molecule has 3 atom stereocenters. The van der Waals surface area contributed by atoms with Crippen LogP contribution in [0.3, 0.4) is 0 Å². The second kappa shape index (κ2) is 38.0. The standard InChI is InChI=1S/C42H73O10P/c1-3-5-7-9-11-13-15-17-18-19-20-22-24-26-28-30-32-34-42(46)52-40(38-51-53(47,48)50-36-39(44)35-43)37-49-41(45)33-31-29-27-25-23-21-16-14-12-10-8-6-4-2/h5,7,11,13,17-18,20,22,26,28,39-40,43-44H,3-4,6,8-10,12,14-16,19,21,23-25,27,29-38H2,1-2H3,(H,47,48)/b7-5-,13-11-,18-17-,22-20-,28-26-. The molecule has 0 saturated carbocycles. The third kappa shape index (κ3) is 37.8. The Bertz CT molecular complexity index is 1070. The molecule has 0 heterocycles. The molecular formula is C42H73O10P. The predicted molar refractivity (Wildman–Crippen MR) is 214 cm³/mol.